The summed E-state index contributed by atoms with van der Waals surface area (Å²) in [6.07, 6.45) is 1.47. The zero-order valence-electron chi connectivity index (χ0n) is 11.3. The predicted octanol–water partition coefficient (Wildman–Crippen LogP) is 3.30. The quantitative estimate of drug-likeness (QED) is 0.787. The first kappa shape index (κ1) is 15.5. The predicted molar refractivity (Wildman–Crippen MR) is 78.7 cm³/mol. The lowest BCUT2D eigenvalue weighted by atomic mass is 10.1. The van der Waals surface area contributed by atoms with Crippen LogP contribution in [0.25, 0.3) is 0 Å². The minimum absolute atomic E-state index is 0.0475. The van der Waals surface area contributed by atoms with Gasteiger partial charge in [0, 0.05) is 30.1 Å². The zero-order chi connectivity index (χ0) is 14.3. The third-order valence-electron chi connectivity index (χ3n) is 2.65. The molecule has 1 rings (SSSR count). The first-order chi connectivity index (χ1) is 9.06. The molecule has 19 heavy (non-hydrogen) atoms. The van der Waals surface area contributed by atoms with Gasteiger partial charge in [-0.25, -0.2) is 0 Å². The number of halogens is 1. The SMILES string of the molecule is CCC(=O)Nc1cc(NC(=O)CCCCl)ccc1C. The summed E-state index contributed by atoms with van der Waals surface area (Å²) in [6, 6.07) is 5.44. The normalized spacial score (nSPS) is 10.1. The van der Waals surface area contributed by atoms with E-state index in [0.29, 0.717) is 30.8 Å². The van der Waals surface area contributed by atoms with E-state index in [0.717, 1.165) is 11.3 Å². The number of hydrogen-bond donors (Lipinski definition) is 2. The molecule has 0 aliphatic heterocycles. The van der Waals surface area contributed by atoms with Crippen LogP contribution in [0.2, 0.25) is 0 Å². The Morgan fingerprint density at radius 1 is 1.21 bits per heavy atom. The van der Waals surface area contributed by atoms with E-state index in [1.807, 2.05) is 19.1 Å². The molecule has 0 heterocycles. The van der Waals surface area contributed by atoms with Crippen LogP contribution in [0.1, 0.15) is 31.7 Å². The maximum absolute atomic E-state index is 11.6. The molecular formula is C14H19ClN2O2. The van der Waals surface area contributed by atoms with Crippen LogP contribution in [-0.4, -0.2) is 17.7 Å². The highest BCUT2D eigenvalue weighted by Crippen LogP contribution is 2.20. The first-order valence-corrected chi connectivity index (χ1v) is 6.86. The summed E-state index contributed by atoms with van der Waals surface area (Å²) in [5, 5.41) is 5.59. The Hall–Kier alpha value is -1.55. The van der Waals surface area contributed by atoms with Crippen LogP contribution in [0.5, 0.6) is 0 Å². The monoisotopic (exact) mass is 282 g/mol. The van der Waals surface area contributed by atoms with Crippen molar-refractivity contribution in [2.75, 3.05) is 16.5 Å². The summed E-state index contributed by atoms with van der Waals surface area (Å²) in [5.41, 5.74) is 2.36. The van der Waals surface area contributed by atoms with Crippen molar-refractivity contribution in [2.45, 2.75) is 33.1 Å². The molecule has 0 atom stereocenters. The number of rotatable bonds is 6. The van der Waals surface area contributed by atoms with E-state index in [2.05, 4.69) is 10.6 Å². The molecule has 0 aliphatic rings. The van der Waals surface area contributed by atoms with Crippen LogP contribution >= 0.6 is 11.6 Å². The first-order valence-electron chi connectivity index (χ1n) is 6.33. The number of aryl methyl sites for hydroxylation is 1. The lowest BCUT2D eigenvalue weighted by Gasteiger charge is -2.11. The van der Waals surface area contributed by atoms with Crippen molar-refractivity contribution < 1.29 is 9.59 Å². The van der Waals surface area contributed by atoms with E-state index < -0.39 is 0 Å². The molecule has 1 aromatic carbocycles. The molecule has 2 N–H and O–H groups in total. The maximum Gasteiger partial charge on any atom is 0.224 e. The molecule has 0 spiro atoms. The summed E-state index contributed by atoms with van der Waals surface area (Å²) < 4.78 is 0. The summed E-state index contributed by atoms with van der Waals surface area (Å²) in [4.78, 5) is 23.0. The Labute approximate surface area is 118 Å². The fraction of sp³-hybridized carbons (Fsp3) is 0.429. The molecule has 0 radical (unpaired) electrons. The van der Waals surface area contributed by atoms with Crippen LogP contribution < -0.4 is 10.6 Å². The highest BCUT2D eigenvalue weighted by molar-refractivity contribution is 6.18. The van der Waals surface area contributed by atoms with Gasteiger partial charge in [-0.1, -0.05) is 13.0 Å². The smallest absolute Gasteiger partial charge is 0.224 e. The Balaban J connectivity index is 2.72. The second-order valence-electron chi connectivity index (χ2n) is 4.27. The minimum Gasteiger partial charge on any atom is -0.326 e. The van der Waals surface area contributed by atoms with E-state index in [1.54, 1.807) is 13.0 Å². The molecule has 0 aliphatic carbocycles. The van der Waals surface area contributed by atoms with E-state index in [9.17, 15) is 9.59 Å². The van der Waals surface area contributed by atoms with Crippen LogP contribution in [0.3, 0.4) is 0 Å². The van der Waals surface area contributed by atoms with Gasteiger partial charge in [-0.3, -0.25) is 9.59 Å². The van der Waals surface area contributed by atoms with Crippen molar-refractivity contribution in [3.05, 3.63) is 23.8 Å². The molecule has 0 bridgehead atoms. The Bertz CT molecular complexity index is 461. The number of nitrogens with one attached hydrogen (secondary N) is 2. The summed E-state index contributed by atoms with van der Waals surface area (Å²) in [5.74, 6) is 0.352. The van der Waals surface area contributed by atoms with Gasteiger partial charge in [0.05, 0.1) is 0 Å². The number of anilines is 2. The number of alkyl halides is 1. The topological polar surface area (TPSA) is 58.2 Å². The fourth-order valence-corrected chi connectivity index (χ4v) is 1.66. The molecule has 104 valence electrons. The van der Waals surface area contributed by atoms with Gasteiger partial charge in [0.25, 0.3) is 0 Å². The number of carbonyl (C=O) groups excluding carboxylic acids is 2. The summed E-state index contributed by atoms with van der Waals surface area (Å²) in [7, 11) is 0. The van der Waals surface area contributed by atoms with Gasteiger partial charge >= 0.3 is 0 Å². The molecule has 0 fully saturated rings. The zero-order valence-corrected chi connectivity index (χ0v) is 12.0. The number of benzene rings is 1. The molecule has 4 nitrogen and oxygen atoms in total. The van der Waals surface area contributed by atoms with Gasteiger partial charge < -0.3 is 10.6 Å². The van der Waals surface area contributed by atoms with Crippen LogP contribution in [0.15, 0.2) is 18.2 Å². The Morgan fingerprint density at radius 3 is 2.58 bits per heavy atom. The van der Waals surface area contributed by atoms with Crippen LogP contribution in [-0.2, 0) is 9.59 Å². The van der Waals surface area contributed by atoms with Gasteiger partial charge in [0.1, 0.15) is 0 Å². The average Bonchev–Trinajstić information content (AvgIpc) is 2.40. The number of carbonyl (C=O) groups is 2. The van der Waals surface area contributed by atoms with Crippen molar-refractivity contribution in [3.8, 4) is 0 Å². The molecular weight excluding hydrogens is 264 g/mol. The van der Waals surface area contributed by atoms with Crippen LogP contribution in [0.4, 0.5) is 11.4 Å². The van der Waals surface area contributed by atoms with Gasteiger partial charge in [-0.2, -0.15) is 0 Å². The Kier molecular flexibility index (Phi) is 6.36. The van der Waals surface area contributed by atoms with Gasteiger partial charge in [0.2, 0.25) is 11.8 Å². The largest absolute Gasteiger partial charge is 0.326 e. The van der Waals surface area contributed by atoms with Crippen molar-refractivity contribution in [2.24, 2.45) is 0 Å². The van der Waals surface area contributed by atoms with E-state index in [-0.39, 0.29) is 11.8 Å². The van der Waals surface area contributed by atoms with E-state index in [4.69, 9.17) is 11.6 Å². The summed E-state index contributed by atoms with van der Waals surface area (Å²) in [6.45, 7) is 3.70. The third-order valence-corrected chi connectivity index (χ3v) is 2.92. The molecule has 5 heteroatoms. The maximum atomic E-state index is 11.6. The highest BCUT2D eigenvalue weighted by Gasteiger charge is 2.06. The lowest BCUT2D eigenvalue weighted by molar-refractivity contribution is -0.116. The molecule has 0 saturated heterocycles. The van der Waals surface area contributed by atoms with Crippen molar-refractivity contribution in [3.63, 3.8) is 0 Å². The van der Waals surface area contributed by atoms with Crippen molar-refractivity contribution >= 4 is 34.8 Å². The van der Waals surface area contributed by atoms with E-state index >= 15 is 0 Å². The van der Waals surface area contributed by atoms with E-state index in [1.165, 1.54) is 0 Å². The number of amides is 2. The third kappa shape index (κ3) is 5.30. The minimum atomic E-state index is -0.0720. The lowest BCUT2D eigenvalue weighted by Crippen LogP contribution is -2.13. The standard InChI is InChI=1S/C14H19ClN2O2/c1-3-13(18)17-12-9-11(7-6-10(12)2)16-14(19)5-4-8-15/h6-7,9H,3-5,8H2,1-2H3,(H,16,19)(H,17,18). The highest BCUT2D eigenvalue weighted by atomic mass is 35.5. The molecule has 2 amide bonds. The average molecular weight is 283 g/mol. The Morgan fingerprint density at radius 2 is 1.95 bits per heavy atom. The summed E-state index contributed by atoms with van der Waals surface area (Å²) >= 11 is 5.54. The van der Waals surface area contributed by atoms with Gasteiger partial charge in [-0.15, -0.1) is 11.6 Å². The van der Waals surface area contributed by atoms with Crippen LogP contribution in [0, 0.1) is 6.92 Å². The fourth-order valence-electron chi connectivity index (χ4n) is 1.52. The second kappa shape index (κ2) is 7.79. The molecule has 0 saturated carbocycles. The molecule has 0 aromatic heterocycles. The van der Waals surface area contributed by atoms with Gasteiger partial charge in [-0.05, 0) is 31.0 Å². The molecule has 0 unspecified atom stereocenters. The molecule has 1 aromatic rings. The van der Waals surface area contributed by atoms with Crippen molar-refractivity contribution in [1.29, 1.82) is 0 Å². The number of hydrogen-bond acceptors (Lipinski definition) is 2. The van der Waals surface area contributed by atoms with Crippen molar-refractivity contribution in [1.82, 2.24) is 0 Å². The van der Waals surface area contributed by atoms with Gasteiger partial charge in [0.15, 0.2) is 0 Å². The second-order valence-corrected chi connectivity index (χ2v) is 4.65.